The van der Waals surface area contributed by atoms with Crippen LogP contribution in [0.4, 0.5) is 11.6 Å². The summed E-state index contributed by atoms with van der Waals surface area (Å²) in [5.74, 6) is 2.31. The third-order valence-electron chi connectivity index (χ3n) is 6.78. The van der Waals surface area contributed by atoms with Crippen LogP contribution in [0.2, 0.25) is 5.02 Å². The van der Waals surface area contributed by atoms with E-state index in [-0.39, 0.29) is 18.7 Å². The minimum Gasteiger partial charge on any atom is -0.490 e. The number of fused-ring (bicyclic) bond motifs is 2. The minimum absolute atomic E-state index is 0.127. The first-order valence-corrected chi connectivity index (χ1v) is 13.2. The molecule has 0 saturated heterocycles. The number of aliphatic hydroxyl groups is 1. The predicted molar refractivity (Wildman–Crippen MR) is 149 cm³/mol. The molecule has 13 heteroatoms. The number of imidazole rings is 1. The lowest BCUT2D eigenvalue weighted by molar-refractivity contribution is 0.146. The van der Waals surface area contributed by atoms with E-state index in [0.29, 0.717) is 64.2 Å². The second-order valence-electron chi connectivity index (χ2n) is 9.56. The van der Waals surface area contributed by atoms with Gasteiger partial charge in [0.05, 0.1) is 31.8 Å². The topological polar surface area (TPSA) is 130 Å². The second-order valence-corrected chi connectivity index (χ2v) is 9.94. The summed E-state index contributed by atoms with van der Waals surface area (Å²) in [6.07, 6.45) is 8.86. The number of rotatable bonds is 11. The summed E-state index contributed by atoms with van der Waals surface area (Å²) in [7, 11) is 3.40. The lowest BCUT2D eigenvalue weighted by Gasteiger charge is -2.12. The van der Waals surface area contributed by atoms with Crippen molar-refractivity contribution in [2.24, 2.45) is 7.05 Å². The van der Waals surface area contributed by atoms with Crippen LogP contribution in [-0.4, -0.2) is 60.8 Å². The molecule has 0 aromatic carbocycles. The van der Waals surface area contributed by atoms with Gasteiger partial charge in [-0.2, -0.15) is 10.1 Å². The SMILES string of the molecule is COCCOc1ccc2c(Oc3cnc4nc(Nc5cc(C6CC6)cn(CCO)c5=O)n(C)c4c3Cl)cnn2c1. The van der Waals surface area contributed by atoms with E-state index >= 15 is 0 Å². The first-order chi connectivity index (χ1) is 19.5. The molecule has 12 nitrogen and oxygen atoms in total. The molecule has 40 heavy (non-hydrogen) atoms. The maximum atomic E-state index is 13.0. The molecule has 2 N–H and O–H groups in total. The van der Waals surface area contributed by atoms with E-state index in [1.165, 1.54) is 10.8 Å². The number of aromatic nitrogens is 6. The number of ether oxygens (including phenoxy) is 3. The number of nitrogens with one attached hydrogen (secondary N) is 1. The van der Waals surface area contributed by atoms with Gasteiger partial charge in [-0.05, 0) is 42.5 Å². The molecule has 1 saturated carbocycles. The highest BCUT2D eigenvalue weighted by Crippen LogP contribution is 2.41. The van der Waals surface area contributed by atoms with Crippen molar-refractivity contribution in [3.05, 3.63) is 63.9 Å². The molecule has 0 unspecified atom stereocenters. The van der Waals surface area contributed by atoms with E-state index in [1.807, 2.05) is 24.4 Å². The molecular formula is C27H28ClN7O5. The van der Waals surface area contributed by atoms with Gasteiger partial charge in [0.15, 0.2) is 17.1 Å². The summed E-state index contributed by atoms with van der Waals surface area (Å²) in [6, 6.07) is 5.53. The van der Waals surface area contributed by atoms with Crippen molar-refractivity contribution in [3.63, 3.8) is 0 Å². The van der Waals surface area contributed by atoms with Crippen molar-refractivity contribution in [2.45, 2.75) is 25.3 Å². The van der Waals surface area contributed by atoms with Crippen LogP contribution in [0.25, 0.3) is 16.7 Å². The van der Waals surface area contributed by atoms with Crippen LogP contribution in [0.15, 0.2) is 47.8 Å². The molecule has 0 bridgehead atoms. The highest BCUT2D eigenvalue weighted by molar-refractivity contribution is 6.36. The molecule has 5 aromatic heterocycles. The number of nitrogens with zero attached hydrogens (tertiary/aromatic N) is 6. The van der Waals surface area contributed by atoms with Crippen molar-refractivity contribution in [1.29, 1.82) is 0 Å². The number of aliphatic hydroxyl groups excluding tert-OH is 1. The number of anilines is 2. The number of aryl methyl sites for hydroxylation is 1. The van der Waals surface area contributed by atoms with Gasteiger partial charge in [0.25, 0.3) is 5.56 Å². The van der Waals surface area contributed by atoms with Gasteiger partial charge in [-0.1, -0.05) is 11.6 Å². The van der Waals surface area contributed by atoms with Gasteiger partial charge in [-0.25, -0.2) is 9.50 Å². The van der Waals surface area contributed by atoms with Gasteiger partial charge in [0.1, 0.15) is 34.1 Å². The number of halogens is 1. The number of hydrogen-bond donors (Lipinski definition) is 2. The average molecular weight is 566 g/mol. The molecule has 5 aromatic rings. The first-order valence-electron chi connectivity index (χ1n) is 12.9. The van der Waals surface area contributed by atoms with Gasteiger partial charge in [0.2, 0.25) is 5.95 Å². The molecule has 1 aliphatic carbocycles. The van der Waals surface area contributed by atoms with Crippen LogP contribution < -0.4 is 20.3 Å². The Balaban J connectivity index is 1.29. The molecule has 5 heterocycles. The molecule has 208 valence electrons. The van der Waals surface area contributed by atoms with Crippen LogP contribution in [0.1, 0.15) is 24.3 Å². The third kappa shape index (κ3) is 4.96. The van der Waals surface area contributed by atoms with Gasteiger partial charge in [-0.15, -0.1) is 0 Å². The van der Waals surface area contributed by atoms with Crippen LogP contribution in [0, 0.1) is 0 Å². The minimum atomic E-state index is -0.242. The normalized spacial score (nSPS) is 13.3. The maximum absolute atomic E-state index is 13.0. The van der Waals surface area contributed by atoms with Crippen molar-refractivity contribution in [2.75, 3.05) is 32.2 Å². The van der Waals surface area contributed by atoms with E-state index < -0.39 is 0 Å². The smallest absolute Gasteiger partial charge is 0.274 e. The Hall–Kier alpha value is -4.13. The Morgan fingerprint density at radius 3 is 2.80 bits per heavy atom. The third-order valence-corrected chi connectivity index (χ3v) is 7.14. The van der Waals surface area contributed by atoms with E-state index in [1.54, 1.807) is 35.6 Å². The van der Waals surface area contributed by atoms with Crippen LogP contribution in [0.3, 0.4) is 0 Å². The Morgan fingerprint density at radius 2 is 2.02 bits per heavy atom. The fourth-order valence-electron chi connectivity index (χ4n) is 4.55. The van der Waals surface area contributed by atoms with Crippen LogP contribution >= 0.6 is 11.6 Å². The van der Waals surface area contributed by atoms with Gasteiger partial charge >= 0.3 is 0 Å². The summed E-state index contributed by atoms with van der Waals surface area (Å²) >= 11 is 6.79. The molecular weight excluding hydrogens is 538 g/mol. The summed E-state index contributed by atoms with van der Waals surface area (Å²) in [6.45, 7) is 1.01. The Labute approximate surface area is 233 Å². The number of pyridine rings is 3. The highest BCUT2D eigenvalue weighted by atomic mass is 35.5. The van der Waals surface area contributed by atoms with E-state index in [2.05, 4.69) is 20.4 Å². The van der Waals surface area contributed by atoms with Crippen molar-refractivity contribution < 1.29 is 19.3 Å². The molecule has 0 aliphatic heterocycles. The predicted octanol–water partition coefficient (Wildman–Crippen LogP) is 3.86. The fraction of sp³-hybridized carbons (Fsp3) is 0.333. The Bertz CT molecular complexity index is 1760. The maximum Gasteiger partial charge on any atom is 0.274 e. The number of hydrogen-bond acceptors (Lipinski definition) is 9. The molecule has 1 aliphatic rings. The first kappa shape index (κ1) is 26.1. The Morgan fingerprint density at radius 1 is 1.18 bits per heavy atom. The zero-order chi connectivity index (χ0) is 27.8. The Kier molecular flexibility index (Phi) is 7.05. The zero-order valence-electron chi connectivity index (χ0n) is 22.0. The summed E-state index contributed by atoms with van der Waals surface area (Å²) in [5, 5.41) is 17.3. The van der Waals surface area contributed by atoms with E-state index in [9.17, 15) is 9.90 Å². The van der Waals surface area contributed by atoms with Crippen molar-refractivity contribution in [3.8, 4) is 17.2 Å². The van der Waals surface area contributed by atoms with Gasteiger partial charge < -0.3 is 33.8 Å². The highest BCUT2D eigenvalue weighted by Gasteiger charge is 2.26. The molecule has 6 rings (SSSR count). The van der Waals surface area contributed by atoms with Crippen molar-refractivity contribution in [1.82, 2.24) is 28.7 Å². The molecule has 1 fully saturated rings. The molecule has 0 amide bonds. The zero-order valence-corrected chi connectivity index (χ0v) is 22.8. The lowest BCUT2D eigenvalue weighted by Crippen LogP contribution is -2.24. The second kappa shape index (κ2) is 10.8. The van der Waals surface area contributed by atoms with Crippen LogP contribution in [0.5, 0.6) is 17.2 Å². The van der Waals surface area contributed by atoms with Crippen molar-refractivity contribution >= 4 is 39.9 Å². The summed E-state index contributed by atoms with van der Waals surface area (Å²) in [4.78, 5) is 22.1. The molecule has 0 atom stereocenters. The van der Waals surface area contributed by atoms with E-state index in [4.69, 9.17) is 25.8 Å². The standard InChI is InChI=1S/C27H28ClN7O5/c1-33-24-23(28)22(40-21-13-30-35-15-18(5-6-20(21)35)39-10-9-38-2)12-29-25(24)32-27(33)31-19-11-17(16-3-4-16)14-34(7-8-36)26(19)37/h5-6,11-16,36H,3-4,7-10H2,1-2H3,(H,29,31,32). The lowest BCUT2D eigenvalue weighted by atomic mass is 10.2. The average Bonchev–Trinajstić information content (AvgIpc) is 3.65. The largest absolute Gasteiger partial charge is 0.490 e. The van der Waals surface area contributed by atoms with Crippen LogP contribution in [-0.2, 0) is 18.3 Å². The summed E-state index contributed by atoms with van der Waals surface area (Å²) in [5.41, 5.74) is 2.85. The molecule has 0 radical (unpaired) electrons. The summed E-state index contributed by atoms with van der Waals surface area (Å²) < 4.78 is 21.7. The molecule has 0 spiro atoms. The van der Waals surface area contributed by atoms with E-state index in [0.717, 1.165) is 23.9 Å². The fourth-order valence-corrected chi connectivity index (χ4v) is 4.84. The number of methoxy groups -OCH3 is 1. The quantitative estimate of drug-likeness (QED) is 0.229. The van der Waals surface area contributed by atoms with Gasteiger partial charge in [0, 0.05) is 26.9 Å². The monoisotopic (exact) mass is 565 g/mol. The van der Waals surface area contributed by atoms with Gasteiger partial charge in [-0.3, -0.25) is 4.79 Å².